The van der Waals surface area contributed by atoms with Crippen molar-refractivity contribution in [3.63, 3.8) is 0 Å². The molecular weight excluding hydrogens is 500 g/mol. The molecule has 0 N–H and O–H groups in total. The molecule has 8 nitrogen and oxygen atoms in total. The van der Waals surface area contributed by atoms with Gasteiger partial charge in [0.05, 0.1) is 12.8 Å². The first kappa shape index (κ1) is 26.3. The molecule has 200 valence electrons. The van der Waals surface area contributed by atoms with Crippen molar-refractivity contribution in [1.82, 2.24) is 14.7 Å². The highest BCUT2D eigenvalue weighted by Gasteiger charge is 2.40. The van der Waals surface area contributed by atoms with Gasteiger partial charge in [0.1, 0.15) is 11.4 Å². The van der Waals surface area contributed by atoms with Gasteiger partial charge in [-0.15, -0.1) is 0 Å². The van der Waals surface area contributed by atoms with Crippen LogP contribution in [0.1, 0.15) is 65.2 Å². The van der Waals surface area contributed by atoms with Crippen LogP contribution in [0, 0.1) is 0 Å². The Morgan fingerprint density at radius 1 is 1.05 bits per heavy atom. The average Bonchev–Trinajstić information content (AvgIpc) is 3.33. The molecule has 1 fully saturated rings. The van der Waals surface area contributed by atoms with Crippen LogP contribution < -0.4 is 9.64 Å². The lowest BCUT2D eigenvalue weighted by Crippen LogP contribution is -2.45. The molecule has 0 spiro atoms. The quantitative estimate of drug-likeness (QED) is 0.313. The fraction of sp³-hybridized carbons (Fsp3) is 0.414. The number of carbonyl (C=O) groups excluding carboxylic acids is 2. The van der Waals surface area contributed by atoms with Crippen LogP contribution in [0.15, 0.2) is 48.5 Å². The maximum Gasteiger partial charge on any atom is 0.370 e. The Morgan fingerprint density at radius 3 is 2.26 bits per heavy atom. The zero-order valence-corrected chi connectivity index (χ0v) is 23.0. The molecule has 3 aromatic rings. The van der Waals surface area contributed by atoms with E-state index >= 15 is 0 Å². The number of hydrogen-bond donors (Lipinski definition) is 1. The largest absolute Gasteiger partial charge is 0.497 e. The number of carbonyl (C=O) groups is 2. The fourth-order valence-electron chi connectivity index (χ4n) is 5.74. The van der Waals surface area contributed by atoms with E-state index in [4.69, 9.17) is 4.74 Å². The van der Waals surface area contributed by atoms with E-state index < -0.39 is 5.97 Å². The van der Waals surface area contributed by atoms with Crippen molar-refractivity contribution in [1.29, 1.82) is 0 Å². The summed E-state index contributed by atoms with van der Waals surface area (Å²) in [6, 6.07) is 15.7. The molecule has 5 rings (SSSR count). The molecule has 0 radical (unpaired) electrons. The van der Waals surface area contributed by atoms with Gasteiger partial charge in [-0.25, -0.2) is 9.48 Å². The van der Waals surface area contributed by atoms with Crippen LogP contribution in [0.4, 0.5) is 5.69 Å². The van der Waals surface area contributed by atoms with Crippen LogP contribution in [0.25, 0.3) is 5.69 Å². The minimum atomic E-state index is -0.679. The van der Waals surface area contributed by atoms with Crippen molar-refractivity contribution in [2.24, 2.45) is 0 Å². The van der Waals surface area contributed by atoms with Gasteiger partial charge in [-0.05, 0) is 74.3 Å². The van der Waals surface area contributed by atoms with Crippen LogP contribution in [0.2, 0.25) is 0 Å². The van der Waals surface area contributed by atoms with E-state index in [1.165, 1.54) is 29.5 Å². The zero-order valence-electron chi connectivity index (χ0n) is 22.1. The molecule has 1 aliphatic heterocycles. The third-order valence-corrected chi connectivity index (χ3v) is 8.30. The lowest BCUT2D eigenvalue weighted by molar-refractivity contribution is 0.0764. The summed E-state index contributed by atoms with van der Waals surface area (Å²) in [5, 5.41) is 4.48. The van der Waals surface area contributed by atoms with Crippen LogP contribution in [0.5, 0.6) is 5.75 Å². The molecule has 9 heteroatoms. The molecule has 1 amide bonds. The number of anilines is 1. The van der Waals surface area contributed by atoms with Gasteiger partial charge in [0.2, 0.25) is 0 Å². The van der Waals surface area contributed by atoms with Crippen molar-refractivity contribution in [2.45, 2.75) is 44.9 Å². The number of methoxy groups -OCH3 is 1. The van der Waals surface area contributed by atoms with E-state index in [9.17, 15) is 9.59 Å². The summed E-state index contributed by atoms with van der Waals surface area (Å²) in [5.74, 6) is -0.202. The third kappa shape index (κ3) is 4.58. The minimum absolute atomic E-state index is 0.109. The van der Waals surface area contributed by atoms with Crippen LogP contribution >= 0.6 is 12.9 Å². The van der Waals surface area contributed by atoms with E-state index in [0.717, 1.165) is 25.3 Å². The van der Waals surface area contributed by atoms with E-state index in [1.54, 1.807) is 36.3 Å². The first-order valence-corrected chi connectivity index (χ1v) is 13.6. The minimum Gasteiger partial charge on any atom is -0.497 e. The summed E-state index contributed by atoms with van der Waals surface area (Å²) in [6.07, 6.45) is 4.12. The van der Waals surface area contributed by atoms with Crippen molar-refractivity contribution in [3.05, 3.63) is 71.0 Å². The van der Waals surface area contributed by atoms with Gasteiger partial charge in [0.15, 0.2) is 5.69 Å². The highest BCUT2D eigenvalue weighted by molar-refractivity contribution is 7.75. The second kappa shape index (κ2) is 10.8. The molecular formula is C29H34N4O4S. The topological polar surface area (TPSA) is 76.9 Å². The molecule has 2 aromatic carbocycles. The van der Waals surface area contributed by atoms with Crippen LogP contribution in [-0.2, 0) is 16.0 Å². The van der Waals surface area contributed by atoms with Crippen LogP contribution in [-0.4, -0.2) is 59.8 Å². The number of nitrogens with zero attached hydrogens (tertiary/aromatic N) is 4. The Kier molecular flexibility index (Phi) is 7.49. The van der Waals surface area contributed by atoms with Gasteiger partial charge < -0.3 is 18.7 Å². The first-order chi connectivity index (χ1) is 18.4. The van der Waals surface area contributed by atoms with E-state index in [2.05, 4.69) is 65.2 Å². The second-order valence-corrected chi connectivity index (χ2v) is 10.2. The number of benzene rings is 2. The van der Waals surface area contributed by atoms with Crippen LogP contribution in [0.3, 0.4) is 0 Å². The number of hydrogen-bond acceptors (Lipinski definition) is 7. The fourth-order valence-corrected chi connectivity index (χ4v) is 5.82. The molecule has 38 heavy (non-hydrogen) atoms. The van der Waals surface area contributed by atoms with E-state index in [-0.39, 0.29) is 17.0 Å². The number of aromatic nitrogens is 2. The predicted octanol–water partition coefficient (Wildman–Crippen LogP) is 4.85. The number of thiol groups is 1. The number of fused-ring (bicyclic) bond motifs is 1. The maximum absolute atomic E-state index is 13.9. The van der Waals surface area contributed by atoms with Gasteiger partial charge in [-0.2, -0.15) is 5.10 Å². The van der Waals surface area contributed by atoms with Gasteiger partial charge in [0.25, 0.3) is 5.91 Å². The summed E-state index contributed by atoms with van der Waals surface area (Å²) in [4.78, 5) is 30.6. The predicted molar refractivity (Wildman–Crippen MR) is 150 cm³/mol. The number of likely N-dealkylation sites (N-methyl/N-ethyl adjacent to an activating group) is 1. The molecule has 1 aliphatic carbocycles. The summed E-state index contributed by atoms with van der Waals surface area (Å²) < 4.78 is 11.5. The van der Waals surface area contributed by atoms with Crippen molar-refractivity contribution in [2.75, 3.05) is 38.2 Å². The Hall–Kier alpha value is -3.30. The molecule has 1 saturated carbocycles. The van der Waals surface area contributed by atoms with E-state index in [0.29, 0.717) is 35.7 Å². The average molecular weight is 535 g/mol. The smallest absolute Gasteiger partial charge is 0.370 e. The molecule has 0 unspecified atom stereocenters. The van der Waals surface area contributed by atoms with Gasteiger partial charge in [-0.3, -0.25) is 4.79 Å². The Labute approximate surface area is 229 Å². The second-order valence-electron chi connectivity index (χ2n) is 10.0. The summed E-state index contributed by atoms with van der Waals surface area (Å²) in [6.45, 7) is 8.03. The highest BCUT2D eigenvalue weighted by atomic mass is 32.1. The molecule has 0 bridgehead atoms. The maximum atomic E-state index is 13.9. The monoisotopic (exact) mass is 534 g/mol. The third-order valence-electron chi connectivity index (χ3n) is 8.13. The number of amides is 1. The molecule has 1 aromatic heterocycles. The highest BCUT2D eigenvalue weighted by Crippen LogP contribution is 2.45. The standard InChI is InChI=1S/C29H34N4O4S/c1-4-31(5-2)19-29(16-6-17-29)20-7-9-21(10-8-20)32-18-15-24-25(28(35)37-38)30-33(26(24)27(32)34)22-11-13-23(36-3)14-12-22/h7-14,38H,4-6,15-19H2,1-3H3. The summed E-state index contributed by atoms with van der Waals surface area (Å²) >= 11 is 3.68. The molecule has 2 aliphatic rings. The molecule has 2 heterocycles. The van der Waals surface area contributed by atoms with Gasteiger partial charge in [0, 0.05) is 42.7 Å². The van der Waals surface area contributed by atoms with Crippen molar-refractivity contribution < 1.29 is 18.5 Å². The SMILES string of the molecule is CCN(CC)CC1(c2ccc(N3CCc4c(C(=O)OS)nn(-c5ccc(OC)cc5)c4C3=O)cc2)CCC1. The summed E-state index contributed by atoms with van der Waals surface area (Å²) in [5.41, 5.74) is 4.06. The number of rotatable bonds is 9. The van der Waals surface area contributed by atoms with E-state index in [1.807, 2.05) is 0 Å². The number of ether oxygens (including phenoxy) is 1. The zero-order chi connectivity index (χ0) is 26.9. The van der Waals surface area contributed by atoms with Crippen molar-refractivity contribution in [3.8, 4) is 11.4 Å². The molecule has 0 saturated heterocycles. The Bertz CT molecular complexity index is 1310. The van der Waals surface area contributed by atoms with Gasteiger partial charge >= 0.3 is 5.97 Å². The lowest BCUT2D eigenvalue weighted by Gasteiger charge is -2.45. The first-order valence-electron chi connectivity index (χ1n) is 13.2. The normalized spacial score (nSPS) is 16.2. The lowest BCUT2D eigenvalue weighted by atomic mass is 9.64. The molecule has 0 atom stereocenters. The Morgan fingerprint density at radius 2 is 1.71 bits per heavy atom. The Balaban J connectivity index is 1.47. The summed E-state index contributed by atoms with van der Waals surface area (Å²) in [7, 11) is 1.59. The van der Waals surface area contributed by atoms with Crippen molar-refractivity contribution >= 4 is 30.5 Å². The van der Waals surface area contributed by atoms with Gasteiger partial charge in [-0.1, -0.05) is 32.4 Å².